The molecule has 5 heteroatoms. The molecule has 0 heterocycles. The Morgan fingerprint density at radius 3 is 2.37 bits per heavy atom. The molecule has 0 aromatic heterocycles. The second-order valence-electron chi connectivity index (χ2n) is 6.10. The number of aliphatic carboxylic acids is 1. The number of benzene rings is 3. The minimum atomic E-state index is -0.829. The van der Waals surface area contributed by atoms with Crippen molar-refractivity contribution < 1.29 is 19.0 Å². The molecule has 138 valence electrons. The first-order valence-corrected chi connectivity index (χ1v) is 8.87. The van der Waals surface area contributed by atoms with Crippen LogP contribution in [0.15, 0.2) is 66.7 Å². The third-order valence-corrected chi connectivity index (χ3v) is 4.46. The van der Waals surface area contributed by atoms with Gasteiger partial charge in [-0.3, -0.25) is 4.79 Å². The third kappa shape index (κ3) is 5.08. The molecule has 0 aliphatic carbocycles. The second-order valence-corrected chi connectivity index (χ2v) is 6.54. The van der Waals surface area contributed by atoms with E-state index >= 15 is 0 Å². The van der Waals surface area contributed by atoms with Crippen molar-refractivity contribution in [2.45, 2.75) is 19.4 Å². The molecule has 0 fully saturated rings. The van der Waals surface area contributed by atoms with E-state index in [4.69, 9.17) is 21.4 Å². The van der Waals surface area contributed by atoms with Crippen LogP contribution in [0.25, 0.3) is 11.1 Å². The number of carboxylic acid groups (broad SMARTS) is 1. The predicted molar refractivity (Wildman–Crippen MR) is 104 cm³/mol. The molecule has 0 amide bonds. The van der Waals surface area contributed by atoms with E-state index in [1.54, 1.807) is 30.3 Å². The zero-order valence-electron chi connectivity index (χ0n) is 14.5. The predicted octanol–water partition coefficient (Wildman–Crippen LogP) is 5.74. The molecule has 27 heavy (non-hydrogen) atoms. The van der Waals surface area contributed by atoms with Crippen LogP contribution in [0.5, 0.6) is 5.75 Å². The summed E-state index contributed by atoms with van der Waals surface area (Å²) in [6, 6.07) is 19.3. The highest BCUT2D eigenvalue weighted by molar-refractivity contribution is 6.30. The molecule has 3 nitrogen and oxygen atoms in total. The first kappa shape index (κ1) is 18.9. The Balaban J connectivity index is 1.74. The van der Waals surface area contributed by atoms with Crippen molar-refractivity contribution in [2.75, 3.05) is 0 Å². The SMILES string of the molecule is O=C(O)CCc1ccc(OCc2c(F)cccc2-c2ccc(Cl)cc2)cc1. The fraction of sp³-hybridized carbons (Fsp3) is 0.136. The van der Waals surface area contributed by atoms with E-state index in [-0.39, 0.29) is 18.8 Å². The van der Waals surface area contributed by atoms with E-state index in [1.165, 1.54) is 6.07 Å². The average Bonchev–Trinajstić information content (AvgIpc) is 2.67. The molecule has 0 aliphatic heterocycles. The Bertz CT molecular complexity index is 921. The number of rotatable bonds is 7. The van der Waals surface area contributed by atoms with Crippen molar-refractivity contribution in [1.82, 2.24) is 0 Å². The molecular formula is C22H18ClFO3. The van der Waals surface area contributed by atoms with Gasteiger partial charge in [0.15, 0.2) is 0 Å². The molecule has 3 aromatic carbocycles. The lowest BCUT2D eigenvalue weighted by Gasteiger charge is -2.13. The molecule has 0 radical (unpaired) electrons. The van der Waals surface area contributed by atoms with Crippen LogP contribution < -0.4 is 4.74 Å². The quantitative estimate of drug-likeness (QED) is 0.564. The van der Waals surface area contributed by atoms with Gasteiger partial charge in [-0.25, -0.2) is 4.39 Å². The Morgan fingerprint density at radius 1 is 1.00 bits per heavy atom. The lowest BCUT2D eigenvalue weighted by molar-refractivity contribution is -0.136. The van der Waals surface area contributed by atoms with Crippen molar-refractivity contribution in [2.24, 2.45) is 0 Å². The minimum absolute atomic E-state index is 0.0824. The van der Waals surface area contributed by atoms with Gasteiger partial charge in [0.05, 0.1) is 0 Å². The third-order valence-electron chi connectivity index (χ3n) is 4.21. The second kappa shape index (κ2) is 8.69. The molecule has 0 atom stereocenters. The zero-order valence-corrected chi connectivity index (χ0v) is 15.2. The Kier molecular flexibility index (Phi) is 6.09. The fourth-order valence-electron chi connectivity index (χ4n) is 2.76. The summed E-state index contributed by atoms with van der Waals surface area (Å²) in [5.41, 5.74) is 3.00. The first-order chi connectivity index (χ1) is 13.0. The summed E-state index contributed by atoms with van der Waals surface area (Å²) < 4.78 is 20.2. The van der Waals surface area contributed by atoms with Crippen LogP contribution in [-0.4, -0.2) is 11.1 Å². The molecule has 0 aliphatic rings. The van der Waals surface area contributed by atoms with Gasteiger partial charge in [-0.1, -0.05) is 48.0 Å². The van der Waals surface area contributed by atoms with Gasteiger partial charge in [0, 0.05) is 17.0 Å². The molecule has 0 spiro atoms. The van der Waals surface area contributed by atoms with Crippen LogP contribution >= 0.6 is 11.6 Å². The molecule has 3 aromatic rings. The zero-order chi connectivity index (χ0) is 19.2. The minimum Gasteiger partial charge on any atom is -0.489 e. The van der Waals surface area contributed by atoms with Gasteiger partial charge in [0.2, 0.25) is 0 Å². The summed E-state index contributed by atoms with van der Waals surface area (Å²) in [5, 5.41) is 9.35. The van der Waals surface area contributed by atoms with Gasteiger partial charge < -0.3 is 9.84 Å². The van der Waals surface area contributed by atoms with Crippen LogP contribution in [0.3, 0.4) is 0 Å². The topological polar surface area (TPSA) is 46.5 Å². The molecule has 3 rings (SSSR count). The standard InChI is InChI=1S/C22H18ClFO3/c23-17-9-7-16(8-10-17)19-2-1-3-21(24)20(19)14-27-18-11-4-15(5-12-18)6-13-22(25)26/h1-5,7-12H,6,13-14H2,(H,25,26). The Morgan fingerprint density at radius 2 is 1.70 bits per heavy atom. The Labute approximate surface area is 162 Å². The van der Waals surface area contributed by atoms with Crippen molar-refractivity contribution in [3.63, 3.8) is 0 Å². The molecule has 1 N–H and O–H groups in total. The van der Waals surface area contributed by atoms with Crippen LogP contribution in [0, 0.1) is 5.82 Å². The van der Waals surface area contributed by atoms with E-state index in [0.717, 1.165) is 16.7 Å². The van der Waals surface area contributed by atoms with Crippen molar-refractivity contribution in [3.05, 3.63) is 88.7 Å². The Hall–Kier alpha value is -2.85. The highest BCUT2D eigenvalue weighted by Crippen LogP contribution is 2.28. The fourth-order valence-corrected chi connectivity index (χ4v) is 2.89. The highest BCUT2D eigenvalue weighted by atomic mass is 35.5. The van der Waals surface area contributed by atoms with E-state index in [0.29, 0.717) is 22.8 Å². The summed E-state index contributed by atoms with van der Waals surface area (Å²) in [7, 11) is 0. The largest absolute Gasteiger partial charge is 0.489 e. The molecule has 0 unspecified atom stereocenters. The van der Waals surface area contributed by atoms with Gasteiger partial charge in [0.25, 0.3) is 0 Å². The number of ether oxygens (including phenoxy) is 1. The van der Waals surface area contributed by atoms with Gasteiger partial charge in [-0.2, -0.15) is 0 Å². The number of carbonyl (C=O) groups is 1. The highest BCUT2D eigenvalue weighted by Gasteiger charge is 2.11. The van der Waals surface area contributed by atoms with Gasteiger partial charge in [-0.15, -0.1) is 0 Å². The average molecular weight is 385 g/mol. The number of carboxylic acids is 1. The van der Waals surface area contributed by atoms with Gasteiger partial charge in [-0.05, 0) is 53.4 Å². The van der Waals surface area contributed by atoms with Crippen LogP contribution in [0.2, 0.25) is 5.02 Å². The maximum absolute atomic E-state index is 14.4. The monoisotopic (exact) mass is 384 g/mol. The van der Waals surface area contributed by atoms with E-state index < -0.39 is 5.97 Å². The van der Waals surface area contributed by atoms with E-state index in [1.807, 2.05) is 30.3 Å². The maximum Gasteiger partial charge on any atom is 0.303 e. The normalized spacial score (nSPS) is 10.6. The lowest BCUT2D eigenvalue weighted by Crippen LogP contribution is -2.02. The molecule has 0 bridgehead atoms. The van der Waals surface area contributed by atoms with Crippen molar-refractivity contribution in [3.8, 4) is 16.9 Å². The molecular weight excluding hydrogens is 367 g/mol. The van der Waals surface area contributed by atoms with E-state index in [9.17, 15) is 9.18 Å². The van der Waals surface area contributed by atoms with Crippen LogP contribution in [-0.2, 0) is 17.8 Å². The van der Waals surface area contributed by atoms with Crippen molar-refractivity contribution in [1.29, 1.82) is 0 Å². The molecule has 0 saturated carbocycles. The van der Waals surface area contributed by atoms with Gasteiger partial charge >= 0.3 is 5.97 Å². The number of hydrogen-bond acceptors (Lipinski definition) is 2. The summed E-state index contributed by atoms with van der Waals surface area (Å²) in [6.45, 7) is 0.0824. The number of halogens is 2. The summed E-state index contributed by atoms with van der Waals surface area (Å²) in [6.07, 6.45) is 0.545. The first-order valence-electron chi connectivity index (χ1n) is 8.50. The summed E-state index contributed by atoms with van der Waals surface area (Å²) in [4.78, 5) is 10.6. The van der Waals surface area contributed by atoms with Crippen LogP contribution in [0.4, 0.5) is 4.39 Å². The number of hydrogen-bond donors (Lipinski definition) is 1. The van der Waals surface area contributed by atoms with Crippen LogP contribution in [0.1, 0.15) is 17.5 Å². The molecule has 0 saturated heterocycles. The van der Waals surface area contributed by atoms with E-state index in [2.05, 4.69) is 0 Å². The maximum atomic E-state index is 14.4. The number of aryl methyl sites for hydroxylation is 1. The summed E-state index contributed by atoms with van der Waals surface area (Å²) >= 11 is 5.93. The smallest absolute Gasteiger partial charge is 0.303 e. The van der Waals surface area contributed by atoms with Gasteiger partial charge in [0.1, 0.15) is 18.2 Å². The van der Waals surface area contributed by atoms with Crippen molar-refractivity contribution >= 4 is 17.6 Å². The lowest BCUT2D eigenvalue weighted by atomic mass is 10.00. The summed E-state index contributed by atoms with van der Waals surface area (Å²) in [5.74, 6) is -0.565.